The molecule has 0 saturated heterocycles. The van der Waals surface area contributed by atoms with E-state index in [1.807, 2.05) is 60.7 Å². The lowest BCUT2D eigenvalue weighted by Crippen LogP contribution is -2.44. The van der Waals surface area contributed by atoms with Gasteiger partial charge in [-0.05, 0) is 18.1 Å². The zero-order valence-electron chi connectivity index (χ0n) is 15.4. The number of nitrogens with zero attached hydrogens (tertiary/aromatic N) is 2. The summed E-state index contributed by atoms with van der Waals surface area (Å²) in [5, 5.41) is 2.03. The second kappa shape index (κ2) is 8.85. The van der Waals surface area contributed by atoms with Crippen LogP contribution >= 0.6 is 0 Å². The summed E-state index contributed by atoms with van der Waals surface area (Å²) >= 11 is 0. The van der Waals surface area contributed by atoms with Crippen molar-refractivity contribution in [3.63, 3.8) is 0 Å². The molecule has 0 unspecified atom stereocenters. The van der Waals surface area contributed by atoms with E-state index in [9.17, 15) is 14.4 Å². The van der Waals surface area contributed by atoms with Gasteiger partial charge in [-0.25, -0.2) is 14.6 Å². The smallest absolute Gasteiger partial charge is 0.433 e. The molecule has 2 aromatic rings. The van der Waals surface area contributed by atoms with Crippen LogP contribution in [0, 0.1) is 0 Å². The Morgan fingerprint density at radius 3 is 1.82 bits per heavy atom. The summed E-state index contributed by atoms with van der Waals surface area (Å²) in [7, 11) is 0. The number of benzene rings is 2. The van der Waals surface area contributed by atoms with Gasteiger partial charge in [0.2, 0.25) is 0 Å². The molecule has 0 bridgehead atoms. The van der Waals surface area contributed by atoms with Crippen molar-refractivity contribution in [1.82, 2.24) is 10.0 Å². The molecule has 0 fully saturated rings. The van der Waals surface area contributed by atoms with Gasteiger partial charge in [0.15, 0.2) is 5.78 Å². The van der Waals surface area contributed by atoms with E-state index in [0.29, 0.717) is 5.57 Å². The van der Waals surface area contributed by atoms with Gasteiger partial charge in [0.05, 0.1) is 6.54 Å². The predicted octanol–water partition coefficient (Wildman–Crippen LogP) is 3.67. The Labute approximate surface area is 162 Å². The number of amides is 2. The molecule has 1 aliphatic heterocycles. The summed E-state index contributed by atoms with van der Waals surface area (Å²) in [6, 6.07) is 18.3. The van der Waals surface area contributed by atoms with E-state index < -0.39 is 12.2 Å². The van der Waals surface area contributed by atoms with Gasteiger partial charge in [-0.15, -0.1) is 0 Å². The van der Waals surface area contributed by atoms with E-state index in [4.69, 9.17) is 9.47 Å². The normalized spacial score (nSPS) is 13.1. The molecule has 3 rings (SSSR count). The number of rotatable bonds is 5. The lowest BCUT2D eigenvalue weighted by atomic mass is 10.2. The van der Waals surface area contributed by atoms with Gasteiger partial charge in [-0.1, -0.05) is 60.7 Å². The standard InChI is InChI=1S/C21H20N2O5/c1-16(24)19-12-22(20(25)27-14-17-8-4-2-5-9-17)23(13-19)21(26)28-15-18-10-6-3-7-11-18/h2-12H,13-15H2,1H3. The largest absolute Gasteiger partial charge is 0.443 e. The van der Waals surface area contributed by atoms with Crippen molar-refractivity contribution in [2.75, 3.05) is 6.54 Å². The summed E-state index contributed by atoms with van der Waals surface area (Å²) in [5.74, 6) is -0.237. The molecule has 0 aliphatic carbocycles. The zero-order chi connectivity index (χ0) is 19.9. The Hall–Kier alpha value is -3.61. The van der Waals surface area contributed by atoms with Gasteiger partial charge in [0.1, 0.15) is 13.2 Å². The topological polar surface area (TPSA) is 76.2 Å². The highest BCUT2D eigenvalue weighted by Crippen LogP contribution is 2.19. The fraction of sp³-hybridized carbons (Fsp3) is 0.190. The highest BCUT2D eigenvalue weighted by Gasteiger charge is 2.34. The molecule has 0 radical (unpaired) electrons. The Balaban J connectivity index is 1.65. The maximum atomic E-state index is 12.5. The second-order valence-corrected chi connectivity index (χ2v) is 6.19. The average Bonchev–Trinajstić information content (AvgIpc) is 3.18. The molecular formula is C21H20N2O5. The van der Waals surface area contributed by atoms with Gasteiger partial charge in [-0.3, -0.25) is 4.79 Å². The van der Waals surface area contributed by atoms with Gasteiger partial charge in [0, 0.05) is 11.8 Å². The minimum atomic E-state index is -0.767. The quantitative estimate of drug-likeness (QED) is 0.791. The monoisotopic (exact) mass is 380 g/mol. The highest BCUT2D eigenvalue weighted by molar-refractivity contribution is 5.95. The van der Waals surface area contributed by atoms with E-state index in [-0.39, 0.29) is 25.5 Å². The SMILES string of the molecule is CC(=O)C1=CN(C(=O)OCc2ccccc2)N(C(=O)OCc2ccccc2)C1. The van der Waals surface area contributed by atoms with Crippen LogP contribution in [-0.4, -0.2) is 34.5 Å². The van der Waals surface area contributed by atoms with Crippen LogP contribution in [0.5, 0.6) is 0 Å². The van der Waals surface area contributed by atoms with E-state index in [1.54, 1.807) is 0 Å². The van der Waals surface area contributed by atoms with Gasteiger partial charge >= 0.3 is 12.2 Å². The average molecular weight is 380 g/mol. The van der Waals surface area contributed by atoms with E-state index in [0.717, 1.165) is 21.1 Å². The summed E-state index contributed by atoms with van der Waals surface area (Å²) in [4.78, 5) is 36.7. The maximum absolute atomic E-state index is 12.5. The van der Waals surface area contributed by atoms with E-state index in [2.05, 4.69) is 0 Å². The van der Waals surface area contributed by atoms with Crippen molar-refractivity contribution in [3.05, 3.63) is 83.6 Å². The number of hydrogen-bond acceptors (Lipinski definition) is 5. The van der Waals surface area contributed by atoms with Crippen molar-refractivity contribution >= 4 is 18.0 Å². The Morgan fingerprint density at radius 1 is 0.821 bits per heavy atom. The molecule has 0 saturated carbocycles. The van der Waals surface area contributed by atoms with Crippen molar-refractivity contribution in [3.8, 4) is 0 Å². The molecule has 7 nitrogen and oxygen atoms in total. The minimum Gasteiger partial charge on any atom is -0.443 e. The van der Waals surface area contributed by atoms with Crippen molar-refractivity contribution in [2.24, 2.45) is 0 Å². The third-order valence-electron chi connectivity index (χ3n) is 4.12. The number of ketones is 1. The third kappa shape index (κ3) is 4.76. The molecule has 0 atom stereocenters. The third-order valence-corrected chi connectivity index (χ3v) is 4.12. The van der Waals surface area contributed by atoms with Crippen LogP contribution in [0.3, 0.4) is 0 Å². The van der Waals surface area contributed by atoms with Crippen LogP contribution in [-0.2, 0) is 27.5 Å². The van der Waals surface area contributed by atoms with Crippen LogP contribution in [0.25, 0.3) is 0 Å². The molecule has 1 heterocycles. The van der Waals surface area contributed by atoms with Crippen LogP contribution < -0.4 is 0 Å². The predicted molar refractivity (Wildman–Crippen MR) is 101 cm³/mol. The summed E-state index contributed by atoms with van der Waals surface area (Å²) in [5.41, 5.74) is 1.94. The first-order chi connectivity index (χ1) is 13.5. The van der Waals surface area contributed by atoms with Crippen molar-refractivity contribution in [2.45, 2.75) is 20.1 Å². The molecule has 0 aromatic heterocycles. The van der Waals surface area contributed by atoms with Gasteiger partial charge in [-0.2, -0.15) is 5.01 Å². The van der Waals surface area contributed by atoms with E-state index >= 15 is 0 Å². The first-order valence-electron chi connectivity index (χ1n) is 8.74. The Morgan fingerprint density at radius 2 is 1.32 bits per heavy atom. The summed E-state index contributed by atoms with van der Waals surface area (Å²) < 4.78 is 10.5. The molecule has 2 amide bonds. The molecule has 0 spiro atoms. The number of carbonyl (C=O) groups excluding carboxylic acids is 3. The van der Waals surface area contributed by atoms with Crippen LogP contribution in [0.2, 0.25) is 0 Å². The second-order valence-electron chi connectivity index (χ2n) is 6.19. The molecular weight excluding hydrogens is 360 g/mol. The minimum absolute atomic E-state index is 0.0479. The van der Waals surface area contributed by atoms with Crippen LogP contribution in [0.4, 0.5) is 9.59 Å². The highest BCUT2D eigenvalue weighted by atomic mass is 16.6. The first-order valence-corrected chi connectivity index (χ1v) is 8.74. The van der Waals surface area contributed by atoms with Gasteiger partial charge in [0.25, 0.3) is 0 Å². The number of carbonyl (C=O) groups is 3. The van der Waals surface area contributed by atoms with Crippen molar-refractivity contribution in [1.29, 1.82) is 0 Å². The molecule has 7 heteroatoms. The zero-order valence-corrected chi connectivity index (χ0v) is 15.4. The Bertz CT molecular complexity index is 880. The van der Waals surface area contributed by atoms with E-state index in [1.165, 1.54) is 13.1 Å². The molecule has 2 aromatic carbocycles. The fourth-order valence-electron chi connectivity index (χ4n) is 2.58. The van der Waals surface area contributed by atoms with Crippen LogP contribution in [0.1, 0.15) is 18.1 Å². The summed E-state index contributed by atoms with van der Waals surface area (Å²) in [6.07, 6.45) is -0.204. The summed E-state index contributed by atoms with van der Waals surface area (Å²) in [6.45, 7) is 1.42. The number of Topliss-reactive ketones (excluding diaryl/α,β-unsaturated/α-hetero) is 1. The molecule has 1 aliphatic rings. The molecule has 28 heavy (non-hydrogen) atoms. The lowest BCUT2D eigenvalue weighted by molar-refractivity contribution is -0.113. The lowest BCUT2D eigenvalue weighted by Gasteiger charge is -2.25. The van der Waals surface area contributed by atoms with Crippen molar-refractivity contribution < 1.29 is 23.9 Å². The van der Waals surface area contributed by atoms with Gasteiger partial charge < -0.3 is 9.47 Å². The van der Waals surface area contributed by atoms with Crippen LogP contribution in [0.15, 0.2) is 72.4 Å². The number of hydrazine groups is 1. The maximum Gasteiger partial charge on any atom is 0.433 e. The fourth-order valence-corrected chi connectivity index (χ4v) is 2.58. The first kappa shape index (κ1) is 19.2. The number of hydrogen-bond donors (Lipinski definition) is 0. The Kier molecular flexibility index (Phi) is 6.06. The molecule has 144 valence electrons. The molecule has 0 N–H and O–H groups in total. The number of ether oxygens (including phenoxy) is 2.